The normalized spacial score (nSPS) is 11.0. The van der Waals surface area contributed by atoms with Crippen molar-refractivity contribution < 1.29 is 14.7 Å². The van der Waals surface area contributed by atoms with Crippen LogP contribution in [0.4, 0.5) is 0 Å². The number of nitrogens with one attached hydrogen (secondary N) is 1. The third-order valence-corrected chi connectivity index (χ3v) is 5.96. The van der Waals surface area contributed by atoms with Crippen LogP contribution in [0.2, 0.25) is 5.15 Å². The van der Waals surface area contributed by atoms with Gasteiger partial charge in [0.2, 0.25) is 0 Å². The molecule has 0 aliphatic heterocycles. The van der Waals surface area contributed by atoms with E-state index in [1.54, 1.807) is 36.4 Å². The van der Waals surface area contributed by atoms with E-state index in [0.29, 0.717) is 20.5 Å². The van der Waals surface area contributed by atoms with E-state index in [2.05, 4.69) is 26.5 Å². The van der Waals surface area contributed by atoms with E-state index in [-0.39, 0.29) is 22.1 Å². The van der Waals surface area contributed by atoms with Gasteiger partial charge in [0.1, 0.15) is 5.15 Å². The van der Waals surface area contributed by atoms with E-state index in [9.17, 15) is 14.4 Å². The van der Waals surface area contributed by atoms with Crippen LogP contribution in [0.1, 0.15) is 31.2 Å². The lowest BCUT2D eigenvalue weighted by Gasteiger charge is -2.05. The van der Waals surface area contributed by atoms with Gasteiger partial charge < -0.3 is 5.11 Å². The molecule has 0 aliphatic carbocycles. The highest BCUT2D eigenvalue weighted by atomic mass is 79.9. The number of amides is 1. The van der Waals surface area contributed by atoms with Crippen molar-refractivity contribution in [2.75, 3.05) is 0 Å². The molecule has 0 atom stereocenters. The number of aromatic nitrogens is 1. The Morgan fingerprint density at radius 1 is 1.24 bits per heavy atom. The van der Waals surface area contributed by atoms with Crippen LogP contribution in [0.3, 0.4) is 0 Å². The van der Waals surface area contributed by atoms with Crippen LogP contribution < -0.4 is 10.3 Å². The van der Waals surface area contributed by atoms with Crippen LogP contribution in [0, 0.1) is 0 Å². The summed E-state index contributed by atoms with van der Waals surface area (Å²) >= 11 is 10.4. The summed E-state index contributed by atoms with van der Waals surface area (Å²) in [6, 6.07) is 13.1. The van der Waals surface area contributed by atoms with Gasteiger partial charge in [0.15, 0.2) is 0 Å². The fourth-order valence-electron chi connectivity index (χ4n) is 2.46. The van der Waals surface area contributed by atoms with E-state index in [1.165, 1.54) is 22.9 Å². The molecule has 3 aromatic rings. The molecule has 3 rings (SSSR count). The SMILES string of the molecule is O=C(O)c1cccc(Cn2c(Cl)c(/C=N\NC(=O)c3ccccc3Br)sc2=O)c1. The molecule has 0 unspecified atom stereocenters. The van der Waals surface area contributed by atoms with Gasteiger partial charge in [-0.1, -0.05) is 47.2 Å². The Bertz CT molecular complexity index is 1170. The maximum atomic E-state index is 12.3. The zero-order chi connectivity index (χ0) is 21.0. The first-order chi connectivity index (χ1) is 13.9. The fourth-order valence-corrected chi connectivity index (χ4v) is 4.03. The summed E-state index contributed by atoms with van der Waals surface area (Å²) < 4.78 is 1.94. The summed E-state index contributed by atoms with van der Waals surface area (Å²) in [5, 5.41) is 13.1. The smallest absolute Gasteiger partial charge is 0.335 e. The maximum absolute atomic E-state index is 12.3. The van der Waals surface area contributed by atoms with Crippen LogP contribution in [-0.2, 0) is 6.54 Å². The zero-order valence-corrected chi connectivity index (χ0v) is 17.8. The lowest BCUT2D eigenvalue weighted by Crippen LogP contribution is -2.18. The molecular weight excluding hydrogens is 482 g/mol. The molecule has 10 heteroatoms. The van der Waals surface area contributed by atoms with Crippen molar-refractivity contribution in [3.63, 3.8) is 0 Å². The summed E-state index contributed by atoms with van der Waals surface area (Å²) in [7, 11) is 0. The monoisotopic (exact) mass is 493 g/mol. The molecule has 0 bridgehead atoms. The zero-order valence-electron chi connectivity index (χ0n) is 14.6. The standard InChI is InChI=1S/C19H13BrClN3O4S/c20-14-7-2-1-6-13(14)17(25)23-22-9-15-16(21)24(19(28)29-15)10-11-4-3-5-12(8-11)18(26)27/h1-9H,10H2,(H,23,25)(H,26,27)/b22-9-. The van der Waals surface area contributed by atoms with Crippen molar-refractivity contribution in [3.8, 4) is 0 Å². The maximum Gasteiger partial charge on any atom is 0.335 e. The first-order valence-electron chi connectivity index (χ1n) is 8.16. The summed E-state index contributed by atoms with van der Waals surface area (Å²) in [6.07, 6.45) is 1.30. The Morgan fingerprint density at radius 2 is 2.00 bits per heavy atom. The second-order valence-corrected chi connectivity index (χ2v) is 8.00. The molecule has 0 spiro atoms. The van der Waals surface area contributed by atoms with Crippen molar-refractivity contribution in [2.24, 2.45) is 5.10 Å². The summed E-state index contributed by atoms with van der Waals surface area (Å²) in [6.45, 7) is 0.118. The number of carboxylic acids is 1. The lowest BCUT2D eigenvalue weighted by molar-refractivity contribution is 0.0696. The number of hydrazone groups is 1. The van der Waals surface area contributed by atoms with Gasteiger partial charge in [-0.3, -0.25) is 14.2 Å². The summed E-state index contributed by atoms with van der Waals surface area (Å²) in [4.78, 5) is 35.6. The number of carboxylic acid groups (broad SMARTS) is 1. The van der Waals surface area contributed by atoms with Crippen molar-refractivity contribution >= 4 is 57.0 Å². The first kappa shape index (κ1) is 21.0. The number of carbonyl (C=O) groups excluding carboxylic acids is 1. The topological polar surface area (TPSA) is 101 Å². The molecule has 7 nitrogen and oxygen atoms in total. The van der Waals surface area contributed by atoms with Gasteiger partial charge in [0.05, 0.1) is 28.8 Å². The molecule has 0 fully saturated rings. The highest BCUT2D eigenvalue weighted by Crippen LogP contribution is 2.19. The molecule has 0 aliphatic rings. The predicted molar refractivity (Wildman–Crippen MR) is 115 cm³/mol. The van der Waals surface area contributed by atoms with Crippen molar-refractivity contribution in [1.29, 1.82) is 0 Å². The van der Waals surface area contributed by atoms with Gasteiger partial charge in [0.25, 0.3) is 5.91 Å². The van der Waals surface area contributed by atoms with E-state index >= 15 is 0 Å². The summed E-state index contributed by atoms with van der Waals surface area (Å²) in [5.41, 5.74) is 3.55. The van der Waals surface area contributed by atoms with Gasteiger partial charge in [-0.15, -0.1) is 0 Å². The van der Waals surface area contributed by atoms with Gasteiger partial charge in [-0.05, 0) is 45.8 Å². The highest BCUT2D eigenvalue weighted by Gasteiger charge is 2.13. The Labute approximate surface area is 182 Å². The van der Waals surface area contributed by atoms with E-state index < -0.39 is 11.9 Å². The number of hydrogen-bond acceptors (Lipinski definition) is 5. The van der Waals surface area contributed by atoms with Crippen molar-refractivity contribution in [2.45, 2.75) is 6.54 Å². The predicted octanol–water partition coefficient (Wildman–Crippen LogP) is 3.84. The van der Waals surface area contributed by atoms with Gasteiger partial charge in [-0.2, -0.15) is 5.10 Å². The van der Waals surface area contributed by atoms with Gasteiger partial charge >= 0.3 is 10.8 Å². The third-order valence-electron chi connectivity index (χ3n) is 3.84. The molecule has 29 heavy (non-hydrogen) atoms. The quantitative estimate of drug-likeness (QED) is 0.402. The number of hydrogen-bond donors (Lipinski definition) is 2. The van der Waals surface area contributed by atoms with Gasteiger partial charge in [0, 0.05) is 4.47 Å². The summed E-state index contributed by atoms with van der Waals surface area (Å²) in [5.74, 6) is -1.47. The van der Waals surface area contributed by atoms with Crippen LogP contribution in [-0.4, -0.2) is 27.8 Å². The largest absolute Gasteiger partial charge is 0.478 e. The van der Waals surface area contributed by atoms with Crippen LogP contribution in [0.5, 0.6) is 0 Å². The highest BCUT2D eigenvalue weighted by molar-refractivity contribution is 9.10. The molecule has 0 saturated heterocycles. The number of thiazole rings is 1. The first-order valence-corrected chi connectivity index (χ1v) is 10.1. The van der Waals surface area contributed by atoms with E-state index in [4.69, 9.17) is 16.7 Å². The minimum atomic E-state index is -1.05. The lowest BCUT2D eigenvalue weighted by atomic mass is 10.1. The molecule has 1 heterocycles. The molecule has 0 radical (unpaired) electrons. The number of nitrogens with zero attached hydrogens (tertiary/aromatic N) is 2. The molecule has 148 valence electrons. The fraction of sp³-hybridized carbons (Fsp3) is 0.0526. The molecule has 1 amide bonds. The van der Waals surface area contributed by atoms with Crippen LogP contribution in [0.25, 0.3) is 0 Å². The minimum absolute atomic E-state index is 0.118. The molecule has 1 aromatic heterocycles. The van der Waals surface area contributed by atoms with E-state index in [0.717, 1.165) is 11.3 Å². The average molecular weight is 495 g/mol. The van der Waals surface area contributed by atoms with E-state index in [1.807, 2.05) is 0 Å². The Hall–Kier alpha value is -2.75. The molecule has 0 saturated carbocycles. The number of rotatable bonds is 6. The van der Waals surface area contributed by atoms with Crippen LogP contribution in [0.15, 0.2) is 62.9 Å². The second kappa shape index (κ2) is 9.17. The number of benzene rings is 2. The van der Waals surface area contributed by atoms with Crippen molar-refractivity contribution in [1.82, 2.24) is 9.99 Å². The Kier molecular flexibility index (Phi) is 6.63. The third kappa shape index (κ3) is 5.00. The Morgan fingerprint density at radius 3 is 2.72 bits per heavy atom. The Balaban J connectivity index is 1.76. The molecule has 2 N–H and O–H groups in total. The average Bonchev–Trinajstić information content (AvgIpc) is 2.96. The van der Waals surface area contributed by atoms with Crippen LogP contribution >= 0.6 is 38.9 Å². The molecule has 2 aromatic carbocycles. The number of carbonyl (C=O) groups is 2. The van der Waals surface area contributed by atoms with Crippen molar-refractivity contribution in [3.05, 3.63) is 89.4 Å². The second-order valence-electron chi connectivity index (χ2n) is 5.79. The number of aromatic carboxylic acids is 1. The minimum Gasteiger partial charge on any atom is -0.478 e. The molecular formula is C19H13BrClN3O4S. The number of halogens is 2. The van der Waals surface area contributed by atoms with Gasteiger partial charge in [-0.25, -0.2) is 10.2 Å².